The van der Waals surface area contributed by atoms with Gasteiger partial charge in [0.2, 0.25) is 10.0 Å². The van der Waals surface area contributed by atoms with E-state index in [1.165, 1.54) is 17.1 Å². The summed E-state index contributed by atoms with van der Waals surface area (Å²) in [6.45, 7) is 11.1. The number of fused-ring (bicyclic) bond motifs is 1. The van der Waals surface area contributed by atoms with E-state index in [0.717, 1.165) is 50.2 Å². The number of aromatic amines is 1. The van der Waals surface area contributed by atoms with Crippen LogP contribution in [-0.4, -0.2) is 70.0 Å². The van der Waals surface area contributed by atoms with Crippen LogP contribution in [0, 0.1) is 6.92 Å². The van der Waals surface area contributed by atoms with E-state index in [0.29, 0.717) is 42.2 Å². The van der Waals surface area contributed by atoms with Crippen LogP contribution in [0.1, 0.15) is 82.3 Å². The zero-order valence-corrected chi connectivity index (χ0v) is 27.8. The standard InChI is InChI=1S/C34H46N6O4S/c1-5-38(6-2)21-22-39(24-26-15-11-10-12-16-26)45(42,43)28-19-20-30(44-7-3)29(23-28)32-36-34(41)31-25(4)35-33(40(31)37-32)27-17-13-8-9-14-18-27/h10-12,15-16,19-20,23,27H,5-9,13-14,17-18,21-22,24H2,1-4H3,(H,36,37,41). The van der Waals surface area contributed by atoms with Gasteiger partial charge in [0.25, 0.3) is 5.56 Å². The number of aryl methyl sites for hydroxylation is 1. The maximum atomic E-state index is 14.3. The molecule has 2 aromatic heterocycles. The highest BCUT2D eigenvalue weighted by molar-refractivity contribution is 7.89. The van der Waals surface area contributed by atoms with Gasteiger partial charge in [0.1, 0.15) is 11.6 Å². The van der Waals surface area contributed by atoms with Crippen LogP contribution in [0.4, 0.5) is 0 Å². The molecule has 0 atom stereocenters. The number of hydrogen-bond donors (Lipinski definition) is 1. The fourth-order valence-electron chi connectivity index (χ4n) is 6.27. The predicted molar refractivity (Wildman–Crippen MR) is 177 cm³/mol. The Hall–Kier alpha value is -3.54. The summed E-state index contributed by atoms with van der Waals surface area (Å²) < 4.78 is 37.8. The van der Waals surface area contributed by atoms with Gasteiger partial charge in [-0.3, -0.25) is 4.79 Å². The van der Waals surface area contributed by atoms with Crippen molar-refractivity contribution in [2.45, 2.75) is 83.6 Å². The van der Waals surface area contributed by atoms with Gasteiger partial charge < -0.3 is 14.6 Å². The highest BCUT2D eigenvalue weighted by atomic mass is 32.2. The van der Waals surface area contributed by atoms with E-state index in [1.807, 2.05) is 44.2 Å². The summed E-state index contributed by atoms with van der Waals surface area (Å²) in [6.07, 6.45) is 6.66. The van der Waals surface area contributed by atoms with Crippen LogP contribution in [0.15, 0.2) is 58.2 Å². The second kappa shape index (κ2) is 14.7. The van der Waals surface area contributed by atoms with Crippen LogP contribution in [0.3, 0.4) is 0 Å². The lowest BCUT2D eigenvalue weighted by atomic mass is 10.00. The monoisotopic (exact) mass is 634 g/mol. The molecule has 10 nitrogen and oxygen atoms in total. The first-order valence-electron chi connectivity index (χ1n) is 16.3. The lowest BCUT2D eigenvalue weighted by Gasteiger charge is -2.26. The summed E-state index contributed by atoms with van der Waals surface area (Å²) in [4.78, 5) is 23.6. The van der Waals surface area contributed by atoms with Gasteiger partial charge in [-0.25, -0.2) is 17.9 Å². The molecule has 1 fully saturated rings. The lowest BCUT2D eigenvalue weighted by molar-refractivity contribution is 0.268. The molecule has 45 heavy (non-hydrogen) atoms. The highest BCUT2D eigenvalue weighted by Crippen LogP contribution is 2.34. The SMILES string of the molecule is CCOc1ccc(S(=O)(=O)N(CCN(CC)CC)Cc2ccccc2)cc1-c1nn2c(C3CCCCCC3)nc(C)c2c(=O)[nH]1. The first-order chi connectivity index (χ1) is 21.8. The average Bonchev–Trinajstić information content (AvgIpc) is 3.18. The second-order valence-corrected chi connectivity index (χ2v) is 13.7. The van der Waals surface area contributed by atoms with Gasteiger partial charge in [0, 0.05) is 25.6 Å². The van der Waals surface area contributed by atoms with E-state index >= 15 is 0 Å². The van der Waals surface area contributed by atoms with Crippen molar-refractivity contribution in [1.82, 2.24) is 28.8 Å². The molecule has 1 aliphatic rings. The Morgan fingerprint density at radius 1 is 0.978 bits per heavy atom. The number of likely N-dealkylation sites (N-methyl/N-ethyl adjacent to an activating group) is 1. The first-order valence-corrected chi connectivity index (χ1v) is 17.7. The maximum Gasteiger partial charge on any atom is 0.277 e. The predicted octanol–water partition coefficient (Wildman–Crippen LogP) is 5.76. The average molecular weight is 635 g/mol. The zero-order valence-electron chi connectivity index (χ0n) is 27.0. The Balaban J connectivity index is 1.59. The highest BCUT2D eigenvalue weighted by Gasteiger charge is 2.28. The topological polar surface area (TPSA) is 113 Å². The third-order valence-corrected chi connectivity index (χ3v) is 10.7. The van der Waals surface area contributed by atoms with Crippen LogP contribution in [-0.2, 0) is 16.6 Å². The molecule has 5 rings (SSSR count). The lowest BCUT2D eigenvalue weighted by Crippen LogP contribution is -2.38. The molecule has 0 saturated heterocycles. The molecule has 0 spiro atoms. The molecule has 0 amide bonds. The summed E-state index contributed by atoms with van der Waals surface area (Å²) in [6, 6.07) is 14.4. The van der Waals surface area contributed by atoms with Crippen LogP contribution in [0.5, 0.6) is 5.75 Å². The Morgan fingerprint density at radius 3 is 2.36 bits per heavy atom. The van der Waals surface area contributed by atoms with Crippen LogP contribution in [0.25, 0.3) is 16.9 Å². The van der Waals surface area contributed by atoms with Crippen molar-refractivity contribution in [3.05, 3.63) is 76.0 Å². The maximum absolute atomic E-state index is 14.3. The Kier molecular flexibility index (Phi) is 10.7. The van der Waals surface area contributed by atoms with E-state index in [2.05, 4.69) is 23.7 Å². The van der Waals surface area contributed by atoms with E-state index in [-0.39, 0.29) is 28.7 Å². The molecule has 1 aliphatic carbocycles. The number of hydrogen-bond acceptors (Lipinski definition) is 7. The van der Waals surface area contributed by atoms with Gasteiger partial charge in [0.05, 0.1) is 22.8 Å². The van der Waals surface area contributed by atoms with Gasteiger partial charge in [0.15, 0.2) is 11.3 Å². The molecule has 4 aromatic rings. The third kappa shape index (κ3) is 7.31. The van der Waals surface area contributed by atoms with Crippen molar-refractivity contribution >= 4 is 15.5 Å². The van der Waals surface area contributed by atoms with Crippen molar-refractivity contribution in [1.29, 1.82) is 0 Å². The quantitative estimate of drug-likeness (QED) is 0.186. The van der Waals surface area contributed by atoms with E-state index in [9.17, 15) is 13.2 Å². The van der Waals surface area contributed by atoms with Gasteiger partial charge in [-0.15, -0.1) is 5.10 Å². The van der Waals surface area contributed by atoms with E-state index in [4.69, 9.17) is 14.8 Å². The van der Waals surface area contributed by atoms with Crippen molar-refractivity contribution in [3.63, 3.8) is 0 Å². The molecule has 242 valence electrons. The summed E-state index contributed by atoms with van der Waals surface area (Å²) in [5.74, 6) is 1.71. The van der Waals surface area contributed by atoms with Crippen molar-refractivity contribution in [2.24, 2.45) is 0 Å². The number of nitrogens with zero attached hydrogens (tertiary/aromatic N) is 5. The minimum atomic E-state index is -3.94. The Bertz CT molecular complexity index is 1740. The first kappa shape index (κ1) is 32.8. The number of ether oxygens (including phenoxy) is 1. The zero-order chi connectivity index (χ0) is 32.0. The Morgan fingerprint density at radius 2 is 1.69 bits per heavy atom. The number of imidazole rings is 1. The number of sulfonamides is 1. The summed E-state index contributed by atoms with van der Waals surface area (Å²) in [5.41, 5.74) is 2.07. The number of rotatable bonds is 13. The molecule has 0 unspecified atom stereocenters. The van der Waals surface area contributed by atoms with Crippen molar-refractivity contribution < 1.29 is 13.2 Å². The molecular formula is C34H46N6O4S. The molecule has 2 aromatic carbocycles. The van der Waals surface area contributed by atoms with Crippen LogP contribution >= 0.6 is 0 Å². The summed E-state index contributed by atoms with van der Waals surface area (Å²) >= 11 is 0. The molecule has 2 heterocycles. The fraction of sp³-hybridized carbons (Fsp3) is 0.500. The molecule has 1 N–H and O–H groups in total. The van der Waals surface area contributed by atoms with Crippen molar-refractivity contribution in [3.8, 4) is 17.1 Å². The minimum Gasteiger partial charge on any atom is -0.493 e. The van der Waals surface area contributed by atoms with Crippen LogP contribution in [0.2, 0.25) is 0 Å². The van der Waals surface area contributed by atoms with Gasteiger partial charge in [-0.05, 0) is 63.5 Å². The molecule has 0 radical (unpaired) electrons. The van der Waals surface area contributed by atoms with E-state index < -0.39 is 10.0 Å². The normalized spacial score (nSPS) is 14.8. The van der Waals surface area contributed by atoms with Gasteiger partial charge >= 0.3 is 0 Å². The molecule has 0 aliphatic heterocycles. The third-order valence-electron chi connectivity index (χ3n) is 8.83. The van der Waals surface area contributed by atoms with Gasteiger partial charge in [-0.1, -0.05) is 69.9 Å². The Labute approximate surface area is 266 Å². The number of nitrogens with one attached hydrogen (secondary N) is 1. The van der Waals surface area contributed by atoms with Gasteiger partial charge in [-0.2, -0.15) is 4.31 Å². The number of aromatic nitrogens is 4. The molecular weight excluding hydrogens is 588 g/mol. The smallest absolute Gasteiger partial charge is 0.277 e. The molecule has 0 bridgehead atoms. The summed E-state index contributed by atoms with van der Waals surface area (Å²) in [5, 5.41) is 4.90. The number of benzene rings is 2. The molecule has 1 saturated carbocycles. The second-order valence-electron chi connectivity index (χ2n) is 11.7. The van der Waals surface area contributed by atoms with Crippen molar-refractivity contribution in [2.75, 3.05) is 32.8 Å². The largest absolute Gasteiger partial charge is 0.493 e. The van der Waals surface area contributed by atoms with Crippen LogP contribution < -0.4 is 10.3 Å². The van der Waals surface area contributed by atoms with E-state index in [1.54, 1.807) is 22.7 Å². The fourth-order valence-corrected chi connectivity index (χ4v) is 7.71. The minimum absolute atomic E-state index is 0.116. The summed E-state index contributed by atoms with van der Waals surface area (Å²) in [7, 11) is -3.94. The molecule has 11 heteroatoms. The number of H-pyrrole nitrogens is 1.